The Labute approximate surface area is 193 Å². The van der Waals surface area contributed by atoms with Crippen LogP contribution in [0, 0.1) is 5.82 Å². The number of benzene rings is 3. The molecule has 8 heteroatoms. The molecule has 0 fully saturated rings. The van der Waals surface area contributed by atoms with Crippen molar-refractivity contribution in [2.24, 2.45) is 0 Å². The Morgan fingerprint density at radius 3 is 2.47 bits per heavy atom. The minimum Gasteiger partial charge on any atom is -0.497 e. The number of thiazole rings is 1. The van der Waals surface area contributed by atoms with Crippen LogP contribution in [0.1, 0.15) is 16.1 Å². The largest absolute Gasteiger partial charge is 0.497 e. The Morgan fingerprint density at radius 2 is 1.78 bits per heavy atom. The van der Waals surface area contributed by atoms with Gasteiger partial charge in [0.05, 0.1) is 12.1 Å². The molecule has 0 spiro atoms. The number of amides is 1. The zero-order chi connectivity index (χ0) is 22.5. The van der Waals surface area contributed by atoms with E-state index < -0.39 is 5.82 Å². The van der Waals surface area contributed by atoms with Crippen molar-refractivity contribution in [3.63, 3.8) is 0 Å². The average molecular weight is 469 g/mol. The van der Waals surface area contributed by atoms with Crippen LogP contribution in [0.2, 0.25) is 5.02 Å². The maximum absolute atomic E-state index is 13.9. The van der Waals surface area contributed by atoms with Crippen molar-refractivity contribution in [2.45, 2.75) is 6.61 Å². The first-order chi connectivity index (χ1) is 15.5. The second kappa shape index (κ2) is 9.80. The fourth-order valence-electron chi connectivity index (χ4n) is 2.90. The lowest BCUT2D eigenvalue weighted by molar-refractivity contribution is 0.102. The third-order valence-electron chi connectivity index (χ3n) is 4.63. The number of carbonyl (C=O) groups excluding carboxylic acids is 1. The predicted molar refractivity (Wildman–Crippen MR) is 124 cm³/mol. The monoisotopic (exact) mass is 468 g/mol. The van der Waals surface area contributed by atoms with Crippen LogP contribution >= 0.6 is 22.9 Å². The highest BCUT2D eigenvalue weighted by atomic mass is 35.5. The number of methoxy groups -OCH3 is 1. The number of hydrogen-bond acceptors (Lipinski definition) is 5. The fourth-order valence-corrected chi connectivity index (χ4v) is 3.92. The topological polar surface area (TPSA) is 60.5 Å². The molecule has 5 nitrogen and oxygen atoms in total. The Kier molecular flexibility index (Phi) is 6.68. The molecule has 0 aliphatic heterocycles. The lowest BCUT2D eigenvalue weighted by atomic mass is 10.2. The second-order valence-corrected chi connectivity index (χ2v) is 8.00. The second-order valence-electron chi connectivity index (χ2n) is 6.73. The zero-order valence-electron chi connectivity index (χ0n) is 17.0. The summed E-state index contributed by atoms with van der Waals surface area (Å²) in [4.78, 5) is 16.9. The number of carbonyl (C=O) groups is 1. The van der Waals surface area contributed by atoms with Gasteiger partial charge in [-0.15, -0.1) is 11.3 Å². The summed E-state index contributed by atoms with van der Waals surface area (Å²) in [5, 5.41) is 5.55. The summed E-state index contributed by atoms with van der Waals surface area (Å²) in [6, 6.07) is 18.8. The van der Waals surface area contributed by atoms with Gasteiger partial charge in [0.25, 0.3) is 5.91 Å². The Hall–Kier alpha value is -3.42. The van der Waals surface area contributed by atoms with E-state index in [1.54, 1.807) is 61.0 Å². The number of rotatable bonds is 7. The highest BCUT2D eigenvalue weighted by Gasteiger charge is 2.13. The number of nitrogens with zero attached hydrogens (tertiary/aromatic N) is 1. The van der Waals surface area contributed by atoms with Crippen molar-refractivity contribution < 1.29 is 18.7 Å². The smallest absolute Gasteiger partial charge is 0.275 e. The zero-order valence-corrected chi connectivity index (χ0v) is 18.5. The molecule has 0 aliphatic rings. The van der Waals surface area contributed by atoms with Gasteiger partial charge in [0, 0.05) is 22.2 Å². The average Bonchev–Trinajstić information content (AvgIpc) is 3.30. The van der Waals surface area contributed by atoms with Crippen LogP contribution in [0.3, 0.4) is 0 Å². The van der Waals surface area contributed by atoms with E-state index in [4.69, 9.17) is 21.1 Å². The summed E-state index contributed by atoms with van der Waals surface area (Å²) < 4.78 is 24.6. The molecule has 0 saturated carbocycles. The van der Waals surface area contributed by atoms with Crippen LogP contribution in [-0.4, -0.2) is 18.0 Å². The summed E-state index contributed by atoms with van der Waals surface area (Å²) >= 11 is 7.40. The van der Waals surface area contributed by atoms with E-state index in [9.17, 15) is 9.18 Å². The first kappa shape index (κ1) is 21.8. The van der Waals surface area contributed by atoms with Crippen LogP contribution in [0.4, 0.5) is 10.1 Å². The number of ether oxygens (including phenoxy) is 2. The molecule has 0 aliphatic carbocycles. The van der Waals surface area contributed by atoms with Gasteiger partial charge in [-0.2, -0.15) is 0 Å². The Morgan fingerprint density at radius 1 is 1.06 bits per heavy atom. The minimum absolute atomic E-state index is 0.0256. The molecule has 32 heavy (non-hydrogen) atoms. The van der Waals surface area contributed by atoms with E-state index in [0.717, 1.165) is 5.56 Å². The Balaban J connectivity index is 1.39. The molecule has 3 aromatic carbocycles. The number of aromatic nitrogens is 1. The molecular weight excluding hydrogens is 451 g/mol. The van der Waals surface area contributed by atoms with Gasteiger partial charge >= 0.3 is 0 Å². The highest BCUT2D eigenvalue weighted by Crippen LogP contribution is 2.27. The van der Waals surface area contributed by atoms with Crippen LogP contribution in [0.15, 0.2) is 72.1 Å². The normalized spacial score (nSPS) is 10.6. The number of nitrogens with one attached hydrogen (secondary N) is 1. The molecule has 0 atom stereocenters. The van der Waals surface area contributed by atoms with Gasteiger partial charge in [-0.05, 0) is 60.7 Å². The maximum atomic E-state index is 13.9. The third kappa shape index (κ3) is 5.07. The van der Waals surface area contributed by atoms with Crippen LogP contribution in [0.5, 0.6) is 11.5 Å². The number of anilines is 1. The van der Waals surface area contributed by atoms with Gasteiger partial charge in [-0.1, -0.05) is 17.7 Å². The Bertz CT molecular complexity index is 1210. The summed E-state index contributed by atoms with van der Waals surface area (Å²) in [5.74, 6) is 0.585. The van der Waals surface area contributed by atoms with Gasteiger partial charge in [0.1, 0.15) is 34.6 Å². The van der Waals surface area contributed by atoms with Gasteiger partial charge in [-0.25, -0.2) is 9.37 Å². The molecule has 1 N–H and O–H groups in total. The molecule has 0 unspecified atom stereocenters. The van der Waals surface area contributed by atoms with E-state index in [0.29, 0.717) is 38.5 Å². The standard InChI is InChI=1S/C24H18ClFN2O3S/c1-30-17-11-7-16(8-12-17)27-23(29)22-14-32-24(28-22)15-5-9-18(10-6-15)31-13-19-20(25)3-2-4-21(19)26/h2-12,14H,13H2,1H3,(H,27,29). The van der Waals surface area contributed by atoms with Gasteiger partial charge in [0.2, 0.25) is 0 Å². The highest BCUT2D eigenvalue weighted by molar-refractivity contribution is 7.13. The van der Waals surface area contributed by atoms with E-state index in [1.807, 2.05) is 12.1 Å². The first-order valence-corrected chi connectivity index (χ1v) is 10.9. The lowest BCUT2D eigenvalue weighted by Crippen LogP contribution is -2.12. The summed E-state index contributed by atoms with van der Waals surface area (Å²) in [5.41, 5.74) is 2.14. The number of halogens is 2. The molecule has 162 valence electrons. The summed E-state index contributed by atoms with van der Waals surface area (Å²) in [6.45, 7) is 0.0256. The molecule has 4 aromatic rings. The molecule has 4 rings (SSSR count). The van der Waals surface area contributed by atoms with Gasteiger partial charge in [0.15, 0.2) is 0 Å². The van der Waals surface area contributed by atoms with Crippen molar-refractivity contribution in [2.75, 3.05) is 12.4 Å². The van der Waals surface area contributed by atoms with Crippen molar-refractivity contribution in [3.8, 4) is 22.1 Å². The van der Waals surface area contributed by atoms with E-state index in [2.05, 4.69) is 10.3 Å². The van der Waals surface area contributed by atoms with Crippen molar-refractivity contribution in [1.29, 1.82) is 0 Å². The maximum Gasteiger partial charge on any atom is 0.275 e. The lowest BCUT2D eigenvalue weighted by Gasteiger charge is -2.09. The van der Waals surface area contributed by atoms with E-state index >= 15 is 0 Å². The SMILES string of the molecule is COc1ccc(NC(=O)c2csc(-c3ccc(OCc4c(F)cccc4Cl)cc3)n2)cc1. The third-order valence-corrected chi connectivity index (χ3v) is 5.88. The van der Waals surface area contributed by atoms with Crippen LogP contribution < -0.4 is 14.8 Å². The fraction of sp³-hybridized carbons (Fsp3) is 0.0833. The molecular formula is C24H18ClFN2O3S. The van der Waals surface area contributed by atoms with Crippen molar-refractivity contribution in [1.82, 2.24) is 4.98 Å². The van der Waals surface area contributed by atoms with E-state index in [-0.39, 0.29) is 12.5 Å². The summed E-state index contributed by atoms with van der Waals surface area (Å²) in [7, 11) is 1.59. The predicted octanol–water partition coefficient (Wildman–Crippen LogP) is 6.44. The molecule has 1 aromatic heterocycles. The molecule has 0 radical (unpaired) electrons. The minimum atomic E-state index is -0.405. The van der Waals surface area contributed by atoms with E-state index in [1.165, 1.54) is 17.4 Å². The quantitative estimate of drug-likeness (QED) is 0.339. The van der Waals surface area contributed by atoms with Crippen LogP contribution in [0.25, 0.3) is 10.6 Å². The van der Waals surface area contributed by atoms with Gasteiger partial charge in [-0.3, -0.25) is 4.79 Å². The molecule has 0 saturated heterocycles. The van der Waals surface area contributed by atoms with Crippen molar-refractivity contribution in [3.05, 3.63) is 94.2 Å². The van der Waals surface area contributed by atoms with Gasteiger partial charge < -0.3 is 14.8 Å². The molecule has 0 bridgehead atoms. The van der Waals surface area contributed by atoms with Crippen molar-refractivity contribution >= 4 is 34.5 Å². The number of hydrogen-bond donors (Lipinski definition) is 1. The summed E-state index contributed by atoms with van der Waals surface area (Å²) in [6.07, 6.45) is 0. The first-order valence-electron chi connectivity index (χ1n) is 9.60. The molecule has 1 heterocycles. The molecule has 1 amide bonds. The van der Waals surface area contributed by atoms with Crippen LogP contribution in [-0.2, 0) is 6.61 Å².